The molecule has 4 heteroatoms. The molecule has 100 valence electrons. The molecule has 0 aromatic heterocycles. The van der Waals surface area contributed by atoms with E-state index in [2.05, 4.69) is 22.2 Å². The summed E-state index contributed by atoms with van der Waals surface area (Å²) in [6.45, 7) is 0.236. The SMILES string of the molecule is [N-]=[N+]=NCCC(=O)c1ccc(C2CCCCC2)cc1. The second-order valence-corrected chi connectivity index (χ2v) is 5.08. The van der Waals surface area contributed by atoms with E-state index in [1.807, 2.05) is 12.1 Å². The van der Waals surface area contributed by atoms with Crippen molar-refractivity contribution < 1.29 is 4.79 Å². The fourth-order valence-corrected chi connectivity index (χ4v) is 2.72. The van der Waals surface area contributed by atoms with Gasteiger partial charge in [0.15, 0.2) is 5.78 Å². The molecule has 0 aliphatic heterocycles. The number of hydrogen-bond donors (Lipinski definition) is 0. The summed E-state index contributed by atoms with van der Waals surface area (Å²) < 4.78 is 0. The Kier molecular flexibility index (Phi) is 4.99. The number of rotatable bonds is 5. The lowest BCUT2D eigenvalue weighted by atomic mass is 9.84. The summed E-state index contributed by atoms with van der Waals surface area (Å²) in [6.07, 6.45) is 6.81. The normalized spacial score (nSPS) is 15.8. The molecule has 1 aromatic carbocycles. The Morgan fingerprint density at radius 2 is 1.89 bits per heavy atom. The van der Waals surface area contributed by atoms with E-state index in [0.29, 0.717) is 11.5 Å². The van der Waals surface area contributed by atoms with Gasteiger partial charge < -0.3 is 0 Å². The van der Waals surface area contributed by atoms with Crippen LogP contribution >= 0.6 is 0 Å². The minimum atomic E-state index is 0.0441. The molecule has 1 fully saturated rings. The third kappa shape index (κ3) is 3.83. The van der Waals surface area contributed by atoms with Crippen LogP contribution in [0.5, 0.6) is 0 Å². The lowest BCUT2D eigenvalue weighted by molar-refractivity contribution is 0.0985. The van der Waals surface area contributed by atoms with E-state index in [-0.39, 0.29) is 18.7 Å². The van der Waals surface area contributed by atoms with Crippen LogP contribution in [0.2, 0.25) is 0 Å². The van der Waals surface area contributed by atoms with Crippen molar-refractivity contribution in [2.24, 2.45) is 5.11 Å². The maximum Gasteiger partial charge on any atom is 0.163 e. The largest absolute Gasteiger partial charge is 0.294 e. The van der Waals surface area contributed by atoms with Crippen molar-refractivity contribution in [3.63, 3.8) is 0 Å². The Hall–Kier alpha value is -1.80. The van der Waals surface area contributed by atoms with Crippen molar-refractivity contribution in [1.82, 2.24) is 0 Å². The van der Waals surface area contributed by atoms with Crippen LogP contribution in [0.25, 0.3) is 10.4 Å². The van der Waals surface area contributed by atoms with Gasteiger partial charge in [0.25, 0.3) is 0 Å². The topological polar surface area (TPSA) is 65.8 Å². The highest BCUT2D eigenvalue weighted by Gasteiger charge is 2.15. The highest BCUT2D eigenvalue weighted by atomic mass is 16.1. The van der Waals surface area contributed by atoms with E-state index in [1.165, 1.54) is 37.7 Å². The van der Waals surface area contributed by atoms with Gasteiger partial charge in [0.1, 0.15) is 0 Å². The summed E-state index contributed by atoms with van der Waals surface area (Å²) in [6, 6.07) is 7.97. The molecule has 0 spiro atoms. The second kappa shape index (κ2) is 6.95. The van der Waals surface area contributed by atoms with Gasteiger partial charge in [-0.1, -0.05) is 48.6 Å². The molecular weight excluding hydrogens is 238 g/mol. The standard InChI is InChI=1S/C15H19N3O/c16-18-17-11-10-15(19)14-8-6-13(7-9-14)12-4-2-1-3-5-12/h6-9,12H,1-5,10-11H2. The van der Waals surface area contributed by atoms with E-state index in [0.717, 1.165) is 0 Å². The molecule has 0 amide bonds. The first kappa shape index (κ1) is 13.6. The summed E-state index contributed by atoms with van der Waals surface area (Å²) in [5.74, 6) is 0.712. The van der Waals surface area contributed by atoms with Gasteiger partial charge in [0, 0.05) is 23.4 Å². The lowest BCUT2D eigenvalue weighted by Crippen LogP contribution is -2.05. The van der Waals surface area contributed by atoms with Gasteiger partial charge >= 0.3 is 0 Å². The van der Waals surface area contributed by atoms with Crippen molar-refractivity contribution >= 4 is 5.78 Å². The van der Waals surface area contributed by atoms with Crippen molar-refractivity contribution in [2.45, 2.75) is 44.4 Å². The molecule has 1 aliphatic rings. The highest BCUT2D eigenvalue weighted by Crippen LogP contribution is 2.32. The van der Waals surface area contributed by atoms with Gasteiger partial charge in [0.05, 0.1) is 0 Å². The second-order valence-electron chi connectivity index (χ2n) is 5.08. The van der Waals surface area contributed by atoms with Gasteiger partial charge in [-0.05, 0) is 29.9 Å². The van der Waals surface area contributed by atoms with Crippen molar-refractivity contribution in [3.05, 3.63) is 45.8 Å². The average molecular weight is 257 g/mol. The van der Waals surface area contributed by atoms with Crippen molar-refractivity contribution in [1.29, 1.82) is 0 Å². The minimum Gasteiger partial charge on any atom is -0.294 e. The number of azide groups is 1. The molecule has 0 N–H and O–H groups in total. The molecule has 1 aliphatic carbocycles. The zero-order valence-corrected chi connectivity index (χ0v) is 11.1. The Morgan fingerprint density at radius 3 is 2.53 bits per heavy atom. The van der Waals surface area contributed by atoms with Crippen molar-refractivity contribution in [3.8, 4) is 0 Å². The van der Waals surface area contributed by atoms with Crippen LogP contribution in [0.3, 0.4) is 0 Å². The average Bonchev–Trinajstić information content (AvgIpc) is 2.48. The molecule has 2 rings (SSSR count). The zero-order valence-electron chi connectivity index (χ0n) is 11.1. The zero-order chi connectivity index (χ0) is 13.5. The van der Waals surface area contributed by atoms with Crippen LogP contribution in [0.1, 0.15) is 60.4 Å². The highest BCUT2D eigenvalue weighted by molar-refractivity contribution is 5.96. The van der Waals surface area contributed by atoms with Gasteiger partial charge in [0.2, 0.25) is 0 Å². The Balaban J connectivity index is 1.97. The van der Waals surface area contributed by atoms with Crippen LogP contribution in [0.4, 0.5) is 0 Å². The maximum atomic E-state index is 11.8. The third-order valence-electron chi connectivity index (χ3n) is 3.81. The molecule has 0 bridgehead atoms. The molecule has 19 heavy (non-hydrogen) atoms. The Bertz CT molecular complexity index is 469. The minimum absolute atomic E-state index is 0.0441. The molecule has 0 saturated heterocycles. The van der Waals surface area contributed by atoms with Gasteiger partial charge in [-0.3, -0.25) is 4.79 Å². The number of carbonyl (C=O) groups is 1. The summed E-state index contributed by atoms with van der Waals surface area (Å²) in [4.78, 5) is 14.5. The molecule has 0 radical (unpaired) electrons. The van der Waals surface area contributed by atoms with Gasteiger partial charge in [-0.25, -0.2) is 0 Å². The molecule has 0 atom stereocenters. The van der Waals surface area contributed by atoms with Gasteiger partial charge in [-0.2, -0.15) is 0 Å². The van der Waals surface area contributed by atoms with Crippen LogP contribution in [0, 0.1) is 0 Å². The quantitative estimate of drug-likeness (QED) is 0.328. The number of carbonyl (C=O) groups excluding carboxylic acids is 1. The summed E-state index contributed by atoms with van der Waals surface area (Å²) in [5, 5.41) is 3.39. The Morgan fingerprint density at radius 1 is 1.21 bits per heavy atom. The van der Waals surface area contributed by atoms with E-state index in [1.54, 1.807) is 0 Å². The maximum absolute atomic E-state index is 11.8. The number of Topliss-reactive ketones (excluding diaryl/α,β-unsaturated/α-hetero) is 1. The molecule has 4 nitrogen and oxygen atoms in total. The molecule has 0 unspecified atom stereocenters. The number of hydrogen-bond acceptors (Lipinski definition) is 2. The van der Waals surface area contributed by atoms with E-state index >= 15 is 0 Å². The first-order valence-corrected chi connectivity index (χ1v) is 6.95. The first-order valence-electron chi connectivity index (χ1n) is 6.95. The third-order valence-corrected chi connectivity index (χ3v) is 3.81. The fourth-order valence-electron chi connectivity index (χ4n) is 2.72. The molecule has 1 aromatic rings. The Labute approximate surface area is 113 Å². The smallest absolute Gasteiger partial charge is 0.163 e. The molecule has 1 saturated carbocycles. The van der Waals surface area contributed by atoms with Crippen LogP contribution < -0.4 is 0 Å². The summed E-state index contributed by atoms with van der Waals surface area (Å²) in [5.41, 5.74) is 10.2. The van der Waals surface area contributed by atoms with E-state index in [4.69, 9.17) is 5.53 Å². The number of nitrogens with zero attached hydrogens (tertiary/aromatic N) is 3. The number of ketones is 1. The van der Waals surface area contributed by atoms with E-state index in [9.17, 15) is 4.79 Å². The molecular formula is C15H19N3O. The number of benzene rings is 1. The fraction of sp³-hybridized carbons (Fsp3) is 0.533. The first-order chi connectivity index (χ1) is 9.31. The van der Waals surface area contributed by atoms with Crippen LogP contribution in [0.15, 0.2) is 29.4 Å². The van der Waals surface area contributed by atoms with Crippen LogP contribution in [-0.2, 0) is 0 Å². The summed E-state index contributed by atoms with van der Waals surface area (Å²) in [7, 11) is 0. The van der Waals surface area contributed by atoms with E-state index < -0.39 is 0 Å². The predicted molar refractivity (Wildman–Crippen MR) is 75.2 cm³/mol. The summed E-state index contributed by atoms with van der Waals surface area (Å²) >= 11 is 0. The van der Waals surface area contributed by atoms with Gasteiger partial charge in [-0.15, -0.1) is 0 Å². The lowest BCUT2D eigenvalue weighted by Gasteiger charge is -2.22. The molecule has 0 heterocycles. The predicted octanol–water partition coefficient (Wildman–Crippen LogP) is 4.62. The van der Waals surface area contributed by atoms with Crippen LogP contribution in [-0.4, -0.2) is 12.3 Å². The van der Waals surface area contributed by atoms with Crippen molar-refractivity contribution in [2.75, 3.05) is 6.54 Å². The monoisotopic (exact) mass is 257 g/mol.